The van der Waals surface area contributed by atoms with Gasteiger partial charge in [-0.3, -0.25) is 0 Å². The summed E-state index contributed by atoms with van der Waals surface area (Å²) in [5, 5.41) is 42.0. The fourth-order valence-electron chi connectivity index (χ4n) is 8.20. The van der Waals surface area contributed by atoms with Gasteiger partial charge in [0.25, 0.3) is 5.79 Å². The van der Waals surface area contributed by atoms with E-state index in [9.17, 15) is 20.4 Å². The highest BCUT2D eigenvalue weighted by molar-refractivity contribution is 5.89. The predicted octanol–water partition coefficient (Wildman–Crippen LogP) is 1.97. The molecule has 6 atom stereocenters. The summed E-state index contributed by atoms with van der Waals surface area (Å²) < 4.78 is 17.8. The van der Waals surface area contributed by atoms with Gasteiger partial charge in [-0.15, -0.1) is 0 Å². The van der Waals surface area contributed by atoms with Gasteiger partial charge in [-0.25, -0.2) is 4.89 Å². The zero-order valence-electron chi connectivity index (χ0n) is 20.7. The first-order valence-corrected chi connectivity index (χ1v) is 13.3. The molecule has 4 aliphatic carbocycles. The van der Waals surface area contributed by atoms with Gasteiger partial charge in [0.15, 0.2) is 5.60 Å². The van der Waals surface area contributed by atoms with Crippen molar-refractivity contribution in [3.8, 4) is 5.75 Å². The lowest BCUT2D eigenvalue weighted by Gasteiger charge is -2.68. The highest BCUT2D eigenvalue weighted by atomic mass is 17.3. The van der Waals surface area contributed by atoms with Crippen molar-refractivity contribution < 1.29 is 44.4 Å². The maximum atomic E-state index is 10.5. The fourth-order valence-corrected chi connectivity index (χ4v) is 8.20. The molecule has 9 heteroatoms. The molecule has 2 heterocycles. The fraction of sp³-hybridized carbons (Fsp3) is 0.643. The normalized spacial score (nSPS) is 46.4. The predicted molar refractivity (Wildman–Crippen MR) is 129 cm³/mol. The van der Waals surface area contributed by atoms with Gasteiger partial charge in [0.2, 0.25) is 6.29 Å². The van der Waals surface area contributed by atoms with E-state index in [4.69, 9.17) is 24.0 Å². The molecule has 0 amide bonds. The number of aliphatic hydroxyl groups is 4. The molecule has 1 spiro atoms. The topological polar surface area (TPSA) is 127 Å². The number of ether oxygens (including phenoxy) is 3. The Hall–Kier alpha value is -1.82. The summed E-state index contributed by atoms with van der Waals surface area (Å²) in [5.41, 5.74) is 0.321. The van der Waals surface area contributed by atoms with Crippen molar-refractivity contribution in [2.24, 2.45) is 23.7 Å². The van der Waals surface area contributed by atoms with Gasteiger partial charge in [-0.05, 0) is 73.3 Å². The van der Waals surface area contributed by atoms with E-state index in [-0.39, 0.29) is 0 Å². The second-order valence-electron chi connectivity index (χ2n) is 11.6. The molecule has 2 aromatic rings. The Labute approximate surface area is 214 Å². The molecule has 8 rings (SSSR count). The van der Waals surface area contributed by atoms with Crippen molar-refractivity contribution in [3.63, 3.8) is 0 Å². The summed E-state index contributed by atoms with van der Waals surface area (Å²) in [5.74, 6) is 1.70. The highest BCUT2D eigenvalue weighted by Gasteiger charge is 2.76. The number of hydrogen-bond donors (Lipinski definition) is 4. The number of hydrogen-bond acceptors (Lipinski definition) is 9. The van der Waals surface area contributed by atoms with Crippen LogP contribution in [0.3, 0.4) is 0 Å². The lowest BCUT2D eigenvalue weighted by Crippen LogP contribution is -2.76. The van der Waals surface area contributed by atoms with Crippen molar-refractivity contribution >= 4 is 10.8 Å². The molecular weight excluding hydrogens is 480 g/mol. The summed E-state index contributed by atoms with van der Waals surface area (Å²) >= 11 is 0. The van der Waals surface area contributed by atoms with Crippen LogP contribution in [0.25, 0.3) is 10.8 Å². The maximum Gasteiger partial charge on any atom is 0.260 e. The Morgan fingerprint density at radius 2 is 1.62 bits per heavy atom. The number of methoxy groups -OCH3 is 1. The van der Waals surface area contributed by atoms with E-state index in [0.717, 1.165) is 53.9 Å². The Morgan fingerprint density at radius 3 is 2.24 bits per heavy atom. The van der Waals surface area contributed by atoms with E-state index in [1.54, 1.807) is 13.2 Å². The van der Waals surface area contributed by atoms with E-state index in [0.29, 0.717) is 17.6 Å². The van der Waals surface area contributed by atoms with Crippen LogP contribution >= 0.6 is 0 Å². The van der Waals surface area contributed by atoms with Gasteiger partial charge < -0.3 is 34.6 Å². The van der Waals surface area contributed by atoms with E-state index >= 15 is 0 Å². The van der Waals surface area contributed by atoms with E-state index in [2.05, 4.69) is 0 Å². The van der Waals surface area contributed by atoms with Gasteiger partial charge in [0, 0.05) is 18.1 Å². The van der Waals surface area contributed by atoms with Crippen molar-refractivity contribution in [1.29, 1.82) is 0 Å². The van der Waals surface area contributed by atoms with Gasteiger partial charge >= 0.3 is 0 Å². The van der Waals surface area contributed by atoms with E-state index in [1.165, 1.54) is 6.42 Å². The Bertz CT molecular complexity index is 1150. The standard InChI is InChI=1S/C28H34O9/c1-33-28(27(36-37-28)18-8-14-7-15(10-18)11-19(27)9-14)17-6-5-16-3-2-4-21(20(16)12-17)34-26-25(32)24(31)23(30)22(13-29)35-26/h2-6,12,14-15,18-19,22-26,29-32H,7-11,13H2,1H3. The summed E-state index contributed by atoms with van der Waals surface area (Å²) in [6.07, 6.45) is -0.908. The van der Waals surface area contributed by atoms with E-state index < -0.39 is 48.7 Å². The van der Waals surface area contributed by atoms with Crippen LogP contribution in [-0.2, 0) is 25.0 Å². The van der Waals surface area contributed by atoms with Crippen LogP contribution in [-0.4, -0.2) is 70.4 Å². The highest BCUT2D eigenvalue weighted by Crippen LogP contribution is 2.69. The van der Waals surface area contributed by atoms with Crippen LogP contribution in [0.1, 0.15) is 37.7 Å². The number of aliphatic hydroxyl groups excluding tert-OH is 4. The third-order valence-corrected chi connectivity index (χ3v) is 9.76. The summed E-state index contributed by atoms with van der Waals surface area (Å²) in [6, 6.07) is 11.5. The molecule has 4 bridgehead atoms. The minimum atomic E-state index is -1.52. The molecule has 4 N–H and O–H groups in total. The lowest BCUT2D eigenvalue weighted by molar-refractivity contribution is -0.645. The summed E-state index contributed by atoms with van der Waals surface area (Å²) in [4.78, 5) is 12.0. The van der Waals surface area contributed by atoms with Crippen molar-refractivity contribution in [2.75, 3.05) is 13.7 Å². The van der Waals surface area contributed by atoms with Gasteiger partial charge in [0.05, 0.1) is 6.61 Å². The molecule has 2 aromatic carbocycles. The molecular formula is C28H34O9. The Morgan fingerprint density at radius 1 is 0.892 bits per heavy atom. The Balaban J connectivity index is 1.25. The minimum absolute atomic E-state index is 0.383. The zero-order valence-corrected chi connectivity index (χ0v) is 20.7. The van der Waals surface area contributed by atoms with Crippen LogP contribution in [0, 0.1) is 23.7 Å². The summed E-state index contributed by atoms with van der Waals surface area (Å²) in [6.45, 7) is -0.523. The van der Waals surface area contributed by atoms with Gasteiger partial charge in [0.1, 0.15) is 30.2 Å². The van der Waals surface area contributed by atoms with Crippen LogP contribution in [0.5, 0.6) is 5.75 Å². The molecule has 9 nitrogen and oxygen atoms in total. The van der Waals surface area contributed by atoms with Crippen LogP contribution in [0.2, 0.25) is 0 Å². The Kier molecular flexibility index (Phi) is 5.63. The lowest BCUT2D eigenvalue weighted by atomic mass is 9.47. The first-order valence-electron chi connectivity index (χ1n) is 13.3. The molecule has 6 aliphatic rings. The molecule has 4 saturated carbocycles. The molecule has 0 radical (unpaired) electrons. The molecule has 6 fully saturated rings. The molecule has 2 aliphatic heterocycles. The first-order chi connectivity index (χ1) is 17.9. The zero-order chi connectivity index (χ0) is 25.5. The quantitative estimate of drug-likeness (QED) is 0.443. The number of fused-ring (bicyclic) bond motifs is 1. The molecule has 200 valence electrons. The van der Waals surface area contributed by atoms with Gasteiger partial charge in [-0.1, -0.05) is 24.3 Å². The SMILES string of the molecule is COC1(c2ccc3cccc(OC4OC(CO)C(O)C(O)C4O)c3c2)OOC12C1CC3CC(C1)CC2C3. The number of rotatable bonds is 5. The monoisotopic (exact) mass is 514 g/mol. The van der Waals surface area contributed by atoms with Crippen LogP contribution < -0.4 is 4.74 Å². The van der Waals surface area contributed by atoms with Crippen LogP contribution in [0.15, 0.2) is 36.4 Å². The second-order valence-corrected chi connectivity index (χ2v) is 11.6. The van der Waals surface area contributed by atoms with Crippen molar-refractivity contribution in [1.82, 2.24) is 0 Å². The number of benzene rings is 2. The smallest absolute Gasteiger partial charge is 0.260 e. The first kappa shape index (κ1) is 24.2. The molecule has 37 heavy (non-hydrogen) atoms. The third-order valence-electron chi connectivity index (χ3n) is 9.76. The van der Waals surface area contributed by atoms with E-state index in [1.807, 2.05) is 30.3 Å². The third kappa shape index (κ3) is 3.26. The average Bonchev–Trinajstić information content (AvgIpc) is 2.89. The second kappa shape index (κ2) is 8.59. The minimum Gasteiger partial charge on any atom is -0.461 e. The van der Waals surface area contributed by atoms with Gasteiger partial charge in [-0.2, -0.15) is 4.89 Å². The van der Waals surface area contributed by atoms with Crippen molar-refractivity contribution in [2.45, 2.75) is 74.2 Å². The molecule has 2 saturated heterocycles. The maximum absolute atomic E-state index is 10.5. The largest absolute Gasteiger partial charge is 0.461 e. The van der Waals surface area contributed by atoms with Crippen molar-refractivity contribution in [3.05, 3.63) is 42.0 Å². The molecule has 0 aromatic heterocycles. The molecule has 6 unspecified atom stereocenters. The van der Waals surface area contributed by atoms with Crippen LogP contribution in [0.4, 0.5) is 0 Å². The summed E-state index contributed by atoms with van der Waals surface area (Å²) in [7, 11) is 1.68. The average molecular weight is 515 g/mol.